The smallest absolute Gasteiger partial charge is 0.341 e. The molecule has 0 saturated carbocycles. The molecule has 0 fully saturated rings. The van der Waals surface area contributed by atoms with Crippen LogP contribution in [-0.4, -0.2) is 22.2 Å². The van der Waals surface area contributed by atoms with Crippen molar-refractivity contribution in [3.8, 4) is 0 Å². The highest BCUT2D eigenvalue weighted by Crippen LogP contribution is 2.26. The minimum absolute atomic E-state index is 0.881. The Bertz CT molecular complexity index is 460. The summed E-state index contributed by atoms with van der Waals surface area (Å²) in [5.74, 6) is -9.21. The normalized spacial score (nSPS) is 10.2. The van der Waals surface area contributed by atoms with Gasteiger partial charge in [0.05, 0.1) is 3.57 Å². The molecule has 1 aromatic carbocycles. The van der Waals surface area contributed by atoms with Crippen molar-refractivity contribution < 1.29 is 33.0 Å². The van der Waals surface area contributed by atoms with Gasteiger partial charge in [-0.2, -0.15) is 0 Å². The van der Waals surface area contributed by atoms with E-state index < -0.39 is 44.1 Å². The first kappa shape index (κ1) is 12.7. The van der Waals surface area contributed by atoms with Crippen LogP contribution in [0.25, 0.3) is 0 Å². The molecule has 0 bridgehead atoms. The van der Waals surface area contributed by atoms with Crippen molar-refractivity contribution in [3.63, 3.8) is 0 Å². The summed E-state index contributed by atoms with van der Waals surface area (Å²) in [6, 6.07) is 0. The quantitative estimate of drug-likeness (QED) is 0.489. The molecule has 0 atom stereocenters. The van der Waals surface area contributed by atoms with Crippen LogP contribution in [0, 0.1) is 21.0 Å². The summed E-state index contributed by atoms with van der Waals surface area (Å²) in [6.07, 6.45) is 0. The Balaban J connectivity index is 3.80. The first-order chi connectivity index (χ1) is 7.29. The average Bonchev–Trinajstić information content (AvgIpc) is 2.13. The predicted molar refractivity (Wildman–Crippen MR) is 53.0 cm³/mol. The number of hydrogen-bond acceptors (Lipinski definition) is 2. The fraction of sp³-hybridized carbons (Fsp3) is 0. The third kappa shape index (κ3) is 1.84. The van der Waals surface area contributed by atoms with Gasteiger partial charge in [0.15, 0.2) is 17.5 Å². The summed E-state index contributed by atoms with van der Waals surface area (Å²) in [5, 5.41) is 16.9. The van der Waals surface area contributed by atoms with E-state index >= 15 is 0 Å². The van der Waals surface area contributed by atoms with Crippen molar-refractivity contribution in [2.24, 2.45) is 0 Å². The topological polar surface area (TPSA) is 74.6 Å². The highest BCUT2D eigenvalue weighted by Gasteiger charge is 2.30. The molecule has 0 saturated heterocycles. The molecule has 0 aliphatic heterocycles. The van der Waals surface area contributed by atoms with Crippen LogP contribution in [0.15, 0.2) is 0 Å². The van der Waals surface area contributed by atoms with E-state index in [1.165, 1.54) is 0 Å². The Morgan fingerprint density at radius 3 is 1.44 bits per heavy atom. The van der Waals surface area contributed by atoms with Crippen molar-refractivity contribution in [1.29, 1.82) is 0 Å². The molecule has 0 aliphatic rings. The molecule has 0 spiro atoms. The summed E-state index contributed by atoms with van der Waals surface area (Å²) in [4.78, 5) is 21.0. The van der Waals surface area contributed by atoms with Gasteiger partial charge in [-0.05, 0) is 22.6 Å². The van der Waals surface area contributed by atoms with Crippen LogP contribution in [0.5, 0.6) is 0 Å². The second-order valence-corrected chi connectivity index (χ2v) is 3.69. The first-order valence-corrected chi connectivity index (χ1v) is 4.69. The molecule has 0 aliphatic carbocycles. The van der Waals surface area contributed by atoms with Crippen LogP contribution < -0.4 is 0 Å². The largest absolute Gasteiger partial charge is 0.477 e. The van der Waals surface area contributed by atoms with Gasteiger partial charge in [-0.25, -0.2) is 22.8 Å². The summed E-state index contributed by atoms with van der Waals surface area (Å²) < 4.78 is 38.7. The molecule has 0 aromatic heterocycles. The van der Waals surface area contributed by atoms with Crippen molar-refractivity contribution in [2.45, 2.75) is 0 Å². The standard InChI is InChI=1S/C8H2F3IO4/c9-3-1(7(13)14)4(10)6(12)5(11)2(3)8(15)16/h(H,13,14)(H,15,16). The first-order valence-electron chi connectivity index (χ1n) is 3.61. The average molecular weight is 346 g/mol. The number of aromatic carboxylic acids is 2. The maximum atomic E-state index is 13.2. The van der Waals surface area contributed by atoms with E-state index in [2.05, 4.69) is 0 Å². The highest BCUT2D eigenvalue weighted by molar-refractivity contribution is 14.1. The zero-order chi connectivity index (χ0) is 12.6. The molecular formula is C8H2F3IO4. The van der Waals surface area contributed by atoms with Crippen LogP contribution >= 0.6 is 22.6 Å². The molecule has 4 nitrogen and oxygen atoms in total. The van der Waals surface area contributed by atoms with E-state index in [1.807, 2.05) is 0 Å². The number of carbonyl (C=O) groups is 2. The molecule has 0 heterocycles. The van der Waals surface area contributed by atoms with Gasteiger partial charge >= 0.3 is 11.9 Å². The zero-order valence-electron chi connectivity index (χ0n) is 7.22. The molecule has 16 heavy (non-hydrogen) atoms. The van der Waals surface area contributed by atoms with Crippen molar-refractivity contribution >= 4 is 34.5 Å². The fourth-order valence-electron chi connectivity index (χ4n) is 1.01. The lowest BCUT2D eigenvalue weighted by Gasteiger charge is -2.07. The Labute approximate surface area is 99.8 Å². The van der Waals surface area contributed by atoms with Gasteiger partial charge in [0.25, 0.3) is 0 Å². The van der Waals surface area contributed by atoms with Crippen LogP contribution in [-0.2, 0) is 0 Å². The lowest BCUT2D eigenvalue weighted by molar-refractivity contribution is 0.0680. The Kier molecular flexibility index (Phi) is 3.41. The van der Waals surface area contributed by atoms with Crippen molar-refractivity contribution in [1.82, 2.24) is 0 Å². The van der Waals surface area contributed by atoms with E-state index in [0.29, 0.717) is 0 Å². The third-order valence-electron chi connectivity index (χ3n) is 1.69. The molecule has 2 N–H and O–H groups in total. The second-order valence-electron chi connectivity index (χ2n) is 2.62. The van der Waals surface area contributed by atoms with E-state index in [1.54, 1.807) is 0 Å². The Hall–Kier alpha value is -1.32. The molecule has 86 valence electrons. The van der Waals surface area contributed by atoms with E-state index in [9.17, 15) is 22.8 Å². The molecule has 0 radical (unpaired) electrons. The van der Waals surface area contributed by atoms with E-state index in [-0.39, 0.29) is 0 Å². The zero-order valence-corrected chi connectivity index (χ0v) is 9.38. The molecular weight excluding hydrogens is 344 g/mol. The molecule has 0 amide bonds. The maximum absolute atomic E-state index is 13.2. The fourth-order valence-corrected chi connectivity index (χ4v) is 1.55. The SMILES string of the molecule is O=C(O)c1c(F)c(I)c(F)c(C(=O)O)c1F. The number of benzene rings is 1. The van der Waals surface area contributed by atoms with Gasteiger partial charge in [-0.1, -0.05) is 0 Å². The summed E-state index contributed by atoms with van der Waals surface area (Å²) in [7, 11) is 0. The van der Waals surface area contributed by atoms with Crippen LogP contribution in [0.1, 0.15) is 20.7 Å². The van der Waals surface area contributed by atoms with Gasteiger partial charge in [-0.15, -0.1) is 0 Å². The van der Waals surface area contributed by atoms with Crippen molar-refractivity contribution in [3.05, 3.63) is 32.1 Å². The highest BCUT2D eigenvalue weighted by atomic mass is 127. The van der Waals surface area contributed by atoms with Crippen LogP contribution in [0.4, 0.5) is 13.2 Å². The van der Waals surface area contributed by atoms with Gasteiger partial charge in [0.2, 0.25) is 0 Å². The Morgan fingerprint density at radius 2 is 1.19 bits per heavy atom. The Morgan fingerprint density at radius 1 is 0.875 bits per heavy atom. The maximum Gasteiger partial charge on any atom is 0.341 e. The van der Waals surface area contributed by atoms with E-state index in [0.717, 1.165) is 22.6 Å². The van der Waals surface area contributed by atoms with Gasteiger partial charge in [-0.3, -0.25) is 0 Å². The van der Waals surface area contributed by atoms with Gasteiger partial charge in [0.1, 0.15) is 11.1 Å². The predicted octanol–water partition coefficient (Wildman–Crippen LogP) is 2.10. The monoisotopic (exact) mass is 346 g/mol. The van der Waals surface area contributed by atoms with E-state index in [4.69, 9.17) is 10.2 Å². The number of carboxylic acids is 2. The number of carboxylic acid groups (broad SMARTS) is 2. The molecule has 8 heteroatoms. The second kappa shape index (κ2) is 4.28. The van der Waals surface area contributed by atoms with Crippen LogP contribution in [0.3, 0.4) is 0 Å². The summed E-state index contributed by atoms with van der Waals surface area (Å²) in [5.41, 5.74) is -2.97. The lowest BCUT2D eigenvalue weighted by Crippen LogP contribution is -2.15. The van der Waals surface area contributed by atoms with Gasteiger partial charge < -0.3 is 10.2 Å². The summed E-state index contributed by atoms with van der Waals surface area (Å²) >= 11 is 1.06. The molecule has 1 aromatic rings. The minimum Gasteiger partial charge on any atom is -0.477 e. The third-order valence-corrected chi connectivity index (χ3v) is 2.64. The number of hydrogen-bond donors (Lipinski definition) is 2. The van der Waals surface area contributed by atoms with Crippen LogP contribution in [0.2, 0.25) is 0 Å². The molecule has 1 rings (SSSR count). The lowest BCUT2D eigenvalue weighted by atomic mass is 10.1. The van der Waals surface area contributed by atoms with Gasteiger partial charge in [0, 0.05) is 0 Å². The minimum atomic E-state index is -2.00. The number of rotatable bonds is 2. The molecule has 0 unspecified atom stereocenters. The van der Waals surface area contributed by atoms with Crippen molar-refractivity contribution in [2.75, 3.05) is 0 Å². The number of halogens is 4. The summed E-state index contributed by atoms with van der Waals surface area (Å²) in [6.45, 7) is 0.